The molecule has 0 aliphatic heterocycles. The van der Waals surface area contributed by atoms with Crippen LogP contribution in [0, 0.1) is 0 Å². The summed E-state index contributed by atoms with van der Waals surface area (Å²) in [5, 5.41) is 8.04. The SMILES string of the molecule is CCOC(=O)CCC(NC(=O)CCC(=O)NCCCOCCOCCOCCCNC(=O)C(N)CCCCN)C(=O)OCC. The number of amides is 3. The molecule has 0 aromatic rings. The summed E-state index contributed by atoms with van der Waals surface area (Å²) in [5.74, 6) is -2.05. The Hall–Kier alpha value is -2.85. The minimum atomic E-state index is -0.990. The quantitative estimate of drug-likeness (QED) is 0.0528. The van der Waals surface area contributed by atoms with Crippen LogP contribution in [-0.2, 0) is 47.7 Å². The Labute approximate surface area is 261 Å². The lowest BCUT2D eigenvalue weighted by molar-refractivity contribution is -0.148. The average Bonchev–Trinajstić information content (AvgIpc) is 3.00. The van der Waals surface area contributed by atoms with E-state index in [9.17, 15) is 24.0 Å². The van der Waals surface area contributed by atoms with Crippen molar-refractivity contribution in [3.05, 3.63) is 0 Å². The monoisotopic (exact) mass is 633 g/mol. The molecule has 0 bridgehead atoms. The molecule has 0 spiro atoms. The van der Waals surface area contributed by atoms with Crippen LogP contribution in [0.3, 0.4) is 0 Å². The van der Waals surface area contributed by atoms with Gasteiger partial charge in [-0.2, -0.15) is 0 Å². The van der Waals surface area contributed by atoms with Crippen LogP contribution < -0.4 is 27.4 Å². The van der Waals surface area contributed by atoms with Crippen LogP contribution in [0.4, 0.5) is 0 Å². The van der Waals surface area contributed by atoms with Gasteiger partial charge in [-0.05, 0) is 52.5 Å². The predicted octanol–water partition coefficient (Wildman–Crippen LogP) is -0.323. The van der Waals surface area contributed by atoms with Crippen molar-refractivity contribution in [2.75, 3.05) is 72.5 Å². The number of nitrogens with one attached hydrogen (secondary N) is 3. The molecule has 7 N–H and O–H groups in total. The van der Waals surface area contributed by atoms with Crippen LogP contribution in [-0.4, -0.2) is 114 Å². The summed E-state index contributed by atoms with van der Waals surface area (Å²) in [4.78, 5) is 59.8. The molecule has 0 heterocycles. The number of carbonyl (C=O) groups excluding carboxylic acids is 5. The van der Waals surface area contributed by atoms with Gasteiger partial charge in [0.25, 0.3) is 0 Å². The van der Waals surface area contributed by atoms with Crippen molar-refractivity contribution in [3.8, 4) is 0 Å². The van der Waals surface area contributed by atoms with Crippen LogP contribution in [0.15, 0.2) is 0 Å². The summed E-state index contributed by atoms with van der Waals surface area (Å²) in [5.41, 5.74) is 11.3. The van der Waals surface area contributed by atoms with Gasteiger partial charge in [-0.1, -0.05) is 6.42 Å². The fraction of sp³-hybridized carbons (Fsp3) is 0.828. The molecule has 256 valence electrons. The van der Waals surface area contributed by atoms with Gasteiger partial charge < -0.3 is 51.1 Å². The maximum atomic E-state index is 12.2. The maximum Gasteiger partial charge on any atom is 0.328 e. The maximum absolute atomic E-state index is 12.2. The van der Waals surface area contributed by atoms with Gasteiger partial charge >= 0.3 is 11.9 Å². The summed E-state index contributed by atoms with van der Waals surface area (Å²) < 4.78 is 26.2. The predicted molar refractivity (Wildman–Crippen MR) is 162 cm³/mol. The molecule has 44 heavy (non-hydrogen) atoms. The van der Waals surface area contributed by atoms with E-state index in [1.807, 2.05) is 0 Å². The van der Waals surface area contributed by atoms with Crippen LogP contribution >= 0.6 is 0 Å². The minimum Gasteiger partial charge on any atom is -0.466 e. The molecule has 3 amide bonds. The molecule has 2 unspecified atom stereocenters. The minimum absolute atomic E-state index is 0.0443. The highest BCUT2D eigenvalue weighted by Gasteiger charge is 2.23. The van der Waals surface area contributed by atoms with Crippen molar-refractivity contribution in [1.82, 2.24) is 16.0 Å². The smallest absolute Gasteiger partial charge is 0.328 e. The second-order valence-electron chi connectivity index (χ2n) is 9.79. The summed E-state index contributed by atoms with van der Waals surface area (Å²) in [6, 6.07) is -1.49. The van der Waals surface area contributed by atoms with E-state index in [1.54, 1.807) is 13.8 Å². The molecule has 0 fully saturated rings. The number of rotatable bonds is 29. The van der Waals surface area contributed by atoms with Crippen molar-refractivity contribution >= 4 is 29.7 Å². The average molecular weight is 634 g/mol. The van der Waals surface area contributed by atoms with E-state index < -0.39 is 29.9 Å². The fourth-order valence-corrected chi connectivity index (χ4v) is 3.67. The van der Waals surface area contributed by atoms with Crippen molar-refractivity contribution in [2.24, 2.45) is 11.5 Å². The summed E-state index contributed by atoms with van der Waals surface area (Å²) in [6.07, 6.45) is 3.45. The molecule has 0 saturated heterocycles. The molecule has 0 rings (SSSR count). The third-order valence-corrected chi connectivity index (χ3v) is 6.03. The summed E-state index contributed by atoms with van der Waals surface area (Å²) in [6.45, 7) is 7.80. The Morgan fingerprint density at radius 3 is 1.82 bits per heavy atom. The second-order valence-corrected chi connectivity index (χ2v) is 9.79. The van der Waals surface area contributed by atoms with Gasteiger partial charge in [0.15, 0.2) is 0 Å². The number of carbonyl (C=O) groups is 5. The molecular formula is C29H55N5O10. The Morgan fingerprint density at radius 2 is 1.23 bits per heavy atom. The fourth-order valence-electron chi connectivity index (χ4n) is 3.67. The van der Waals surface area contributed by atoms with Crippen LogP contribution in [0.2, 0.25) is 0 Å². The lowest BCUT2D eigenvalue weighted by atomic mass is 10.1. The molecule has 0 radical (unpaired) electrons. The van der Waals surface area contributed by atoms with Gasteiger partial charge in [-0.3, -0.25) is 19.2 Å². The van der Waals surface area contributed by atoms with Crippen molar-refractivity contribution in [3.63, 3.8) is 0 Å². The lowest BCUT2D eigenvalue weighted by Gasteiger charge is -2.17. The van der Waals surface area contributed by atoms with Crippen LogP contribution in [0.1, 0.15) is 71.6 Å². The van der Waals surface area contributed by atoms with Gasteiger partial charge in [0, 0.05) is 45.6 Å². The van der Waals surface area contributed by atoms with E-state index in [0.29, 0.717) is 78.5 Å². The number of hydrogen-bond donors (Lipinski definition) is 5. The van der Waals surface area contributed by atoms with E-state index in [4.69, 9.17) is 35.2 Å². The second kappa shape index (κ2) is 28.9. The molecule has 15 heteroatoms. The first-order valence-corrected chi connectivity index (χ1v) is 15.6. The standard InChI is InChI=1S/C29H55N5O10/c1-3-43-27(37)13-10-24(29(39)44-4-2)34-26(36)12-11-25(35)32-15-7-17-40-19-21-42-22-20-41-18-8-16-33-28(38)23(31)9-5-6-14-30/h23-24H,3-22,30-31H2,1-2H3,(H,32,35)(H,33,38)(H,34,36). The zero-order valence-corrected chi connectivity index (χ0v) is 26.5. The Morgan fingerprint density at radius 1 is 0.659 bits per heavy atom. The molecular weight excluding hydrogens is 578 g/mol. The van der Waals surface area contributed by atoms with E-state index >= 15 is 0 Å². The van der Waals surface area contributed by atoms with Crippen molar-refractivity contribution in [2.45, 2.75) is 83.7 Å². The number of ether oxygens (including phenoxy) is 5. The normalized spacial score (nSPS) is 12.2. The molecule has 0 saturated carbocycles. The van der Waals surface area contributed by atoms with Crippen LogP contribution in [0.25, 0.3) is 0 Å². The topological polar surface area (TPSA) is 220 Å². The van der Waals surface area contributed by atoms with Gasteiger partial charge in [-0.25, -0.2) is 4.79 Å². The Balaban J connectivity index is 3.72. The van der Waals surface area contributed by atoms with Crippen LogP contribution in [0.5, 0.6) is 0 Å². The van der Waals surface area contributed by atoms with E-state index in [2.05, 4.69) is 16.0 Å². The zero-order chi connectivity index (χ0) is 32.8. The van der Waals surface area contributed by atoms with Crippen molar-refractivity contribution < 1.29 is 47.7 Å². The van der Waals surface area contributed by atoms with Gasteiger partial charge in [0.05, 0.1) is 45.7 Å². The first-order valence-electron chi connectivity index (χ1n) is 15.6. The van der Waals surface area contributed by atoms with Gasteiger partial charge in [-0.15, -0.1) is 0 Å². The summed E-state index contributed by atoms with van der Waals surface area (Å²) in [7, 11) is 0. The molecule has 0 aliphatic rings. The molecule has 0 aromatic carbocycles. The first-order chi connectivity index (χ1) is 21.2. The number of hydrogen-bond acceptors (Lipinski definition) is 12. The van der Waals surface area contributed by atoms with E-state index in [-0.39, 0.29) is 50.7 Å². The highest BCUT2D eigenvalue weighted by Crippen LogP contribution is 2.04. The molecule has 15 nitrogen and oxygen atoms in total. The molecule has 0 aromatic heterocycles. The zero-order valence-electron chi connectivity index (χ0n) is 26.5. The molecule has 0 aliphatic carbocycles. The van der Waals surface area contributed by atoms with Gasteiger partial charge in [0.2, 0.25) is 17.7 Å². The number of esters is 2. The third-order valence-electron chi connectivity index (χ3n) is 6.03. The molecule has 2 atom stereocenters. The van der Waals surface area contributed by atoms with Crippen molar-refractivity contribution in [1.29, 1.82) is 0 Å². The Kier molecular flexibility index (Phi) is 27.0. The summed E-state index contributed by atoms with van der Waals surface area (Å²) >= 11 is 0. The largest absolute Gasteiger partial charge is 0.466 e. The Bertz CT molecular complexity index is 803. The first kappa shape index (κ1) is 41.1. The third kappa shape index (κ3) is 24.6. The number of unbranched alkanes of at least 4 members (excludes halogenated alkanes) is 1. The highest BCUT2D eigenvalue weighted by atomic mass is 16.5. The highest BCUT2D eigenvalue weighted by molar-refractivity contribution is 5.87. The van der Waals surface area contributed by atoms with E-state index in [1.165, 1.54) is 0 Å². The van der Waals surface area contributed by atoms with Gasteiger partial charge in [0.1, 0.15) is 6.04 Å². The lowest BCUT2D eigenvalue weighted by Crippen LogP contribution is -2.42. The van der Waals surface area contributed by atoms with E-state index in [0.717, 1.165) is 12.8 Å². The number of nitrogens with two attached hydrogens (primary N) is 2.